The minimum Gasteiger partial charge on any atom is -0.466 e. The predicted molar refractivity (Wildman–Crippen MR) is 66.2 cm³/mol. The van der Waals surface area contributed by atoms with Crippen LogP contribution >= 0.6 is 0 Å². The van der Waals surface area contributed by atoms with Crippen LogP contribution in [0, 0.1) is 11.5 Å². The Balaban J connectivity index is 4.03. The zero-order chi connectivity index (χ0) is 11.7. The maximum Gasteiger partial charge on any atom is 0.304 e. The van der Waals surface area contributed by atoms with Gasteiger partial charge in [-0.15, -0.1) is 11.5 Å². The van der Waals surface area contributed by atoms with E-state index in [2.05, 4.69) is 31.5 Å². The summed E-state index contributed by atoms with van der Waals surface area (Å²) >= 11 is 0. The van der Waals surface area contributed by atoms with E-state index in [1.165, 1.54) is 6.42 Å². The minimum absolute atomic E-state index is 0.0982. The Morgan fingerprint density at radius 2 is 2.00 bits per heavy atom. The summed E-state index contributed by atoms with van der Waals surface area (Å²) in [5, 5.41) is 0. The third-order valence-corrected chi connectivity index (χ3v) is 4.00. The summed E-state index contributed by atoms with van der Waals surface area (Å²) in [6.07, 6.45) is 3.28. The molecule has 0 radical (unpaired) electrons. The molecule has 0 aliphatic carbocycles. The maximum absolute atomic E-state index is 11.3. The molecule has 2 nitrogen and oxygen atoms in total. The maximum atomic E-state index is 11.3. The van der Waals surface area contributed by atoms with Gasteiger partial charge in [0.15, 0.2) is 0 Å². The standard InChI is InChI=1S/C12H22O2Si/c1-5-7-8-9-10-15(3,4)11-12(13)14-6-2/h5-8,11H2,1-4H3. The summed E-state index contributed by atoms with van der Waals surface area (Å²) in [6.45, 7) is 8.68. The summed E-state index contributed by atoms with van der Waals surface area (Å²) in [7, 11) is -1.69. The number of ether oxygens (including phenoxy) is 1. The molecule has 0 heterocycles. The number of rotatable bonds is 5. The molecule has 3 heteroatoms. The smallest absolute Gasteiger partial charge is 0.304 e. The van der Waals surface area contributed by atoms with E-state index < -0.39 is 8.07 Å². The quantitative estimate of drug-likeness (QED) is 0.312. The largest absolute Gasteiger partial charge is 0.466 e. The molecule has 0 aliphatic rings. The molecule has 0 N–H and O–H groups in total. The zero-order valence-corrected chi connectivity index (χ0v) is 11.4. The van der Waals surface area contributed by atoms with Crippen molar-refractivity contribution >= 4 is 14.0 Å². The van der Waals surface area contributed by atoms with E-state index in [4.69, 9.17) is 4.74 Å². The Kier molecular flexibility index (Phi) is 7.15. The molecule has 0 fully saturated rings. The first-order valence-electron chi connectivity index (χ1n) is 5.67. The van der Waals surface area contributed by atoms with Crippen LogP contribution in [-0.2, 0) is 9.53 Å². The van der Waals surface area contributed by atoms with Gasteiger partial charge in [-0.1, -0.05) is 26.4 Å². The lowest BCUT2D eigenvalue weighted by Crippen LogP contribution is -2.28. The predicted octanol–water partition coefficient (Wildman–Crippen LogP) is 2.99. The molecule has 0 bridgehead atoms. The van der Waals surface area contributed by atoms with Crippen LogP contribution in [0.1, 0.15) is 33.1 Å². The van der Waals surface area contributed by atoms with Gasteiger partial charge in [-0.05, 0) is 13.3 Å². The Bertz CT molecular complexity index is 248. The number of unbranched alkanes of at least 4 members (excludes halogenated alkanes) is 2. The fraction of sp³-hybridized carbons (Fsp3) is 0.750. The molecule has 86 valence electrons. The van der Waals surface area contributed by atoms with Gasteiger partial charge in [0.25, 0.3) is 0 Å². The monoisotopic (exact) mass is 226 g/mol. The number of carbonyl (C=O) groups is 1. The molecule has 0 rings (SSSR count). The number of hydrogen-bond acceptors (Lipinski definition) is 2. The second-order valence-corrected chi connectivity index (χ2v) is 8.64. The van der Waals surface area contributed by atoms with Crippen LogP contribution in [0.4, 0.5) is 0 Å². The molecular weight excluding hydrogens is 204 g/mol. The van der Waals surface area contributed by atoms with Gasteiger partial charge in [-0.3, -0.25) is 4.79 Å². The molecule has 0 aromatic carbocycles. The fourth-order valence-corrected chi connectivity index (χ4v) is 2.70. The summed E-state index contributed by atoms with van der Waals surface area (Å²) < 4.78 is 4.93. The molecule has 0 unspecified atom stereocenters. The molecular formula is C12H22O2Si. The third-order valence-electron chi connectivity index (χ3n) is 1.97. The van der Waals surface area contributed by atoms with Crippen LogP contribution in [0.2, 0.25) is 19.1 Å². The van der Waals surface area contributed by atoms with E-state index in [0.717, 1.165) is 12.8 Å². The summed E-state index contributed by atoms with van der Waals surface area (Å²) in [5.74, 6) is 3.08. The van der Waals surface area contributed by atoms with Crippen LogP contribution in [0.3, 0.4) is 0 Å². The number of carbonyl (C=O) groups excluding carboxylic acids is 1. The average molecular weight is 226 g/mol. The zero-order valence-electron chi connectivity index (χ0n) is 10.4. The average Bonchev–Trinajstić information content (AvgIpc) is 2.12. The molecule has 0 amide bonds. The molecule has 15 heavy (non-hydrogen) atoms. The van der Waals surface area contributed by atoms with Crippen molar-refractivity contribution in [2.45, 2.75) is 52.2 Å². The van der Waals surface area contributed by atoms with Gasteiger partial charge in [0.1, 0.15) is 8.07 Å². The molecule has 0 atom stereocenters. The van der Waals surface area contributed by atoms with E-state index in [0.29, 0.717) is 12.7 Å². The summed E-state index contributed by atoms with van der Waals surface area (Å²) in [4.78, 5) is 11.3. The molecule has 0 saturated heterocycles. The van der Waals surface area contributed by atoms with Gasteiger partial charge < -0.3 is 4.74 Å². The van der Waals surface area contributed by atoms with Crippen molar-refractivity contribution in [3.05, 3.63) is 0 Å². The summed E-state index contributed by atoms with van der Waals surface area (Å²) in [6, 6.07) is 0.514. The van der Waals surface area contributed by atoms with Crippen molar-refractivity contribution in [1.29, 1.82) is 0 Å². The third kappa shape index (κ3) is 8.26. The highest BCUT2D eigenvalue weighted by atomic mass is 28.3. The Morgan fingerprint density at radius 1 is 1.33 bits per heavy atom. The molecule has 0 saturated carbocycles. The lowest BCUT2D eigenvalue weighted by molar-refractivity contribution is -0.140. The topological polar surface area (TPSA) is 26.3 Å². The highest BCUT2D eigenvalue weighted by Gasteiger charge is 2.23. The molecule has 0 aromatic rings. The first-order chi connectivity index (χ1) is 7.02. The van der Waals surface area contributed by atoms with Crippen LogP contribution < -0.4 is 0 Å². The van der Waals surface area contributed by atoms with Gasteiger partial charge in [0.2, 0.25) is 0 Å². The van der Waals surface area contributed by atoms with Gasteiger partial charge in [0, 0.05) is 6.42 Å². The van der Waals surface area contributed by atoms with Crippen molar-refractivity contribution in [3.8, 4) is 11.5 Å². The first-order valence-corrected chi connectivity index (χ1v) is 8.88. The van der Waals surface area contributed by atoms with Crippen molar-refractivity contribution in [2.75, 3.05) is 6.61 Å². The van der Waals surface area contributed by atoms with Crippen LogP contribution in [0.15, 0.2) is 0 Å². The molecule has 0 spiro atoms. The lowest BCUT2D eigenvalue weighted by atomic mass is 10.3. The minimum atomic E-state index is -1.69. The van der Waals surface area contributed by atoms with Crippen LogP contribution in [0.25, 0.3) is 0 Å². The van der Waals surface area contributed by atoms with Gasteiger partial charge in [-0.25, -0.2) is 0 Å². The summed E-state index contributed by atoms with van der Waals surface area (Å²) in [5.41, 5.74) is 3.27. The van der Waals surface area contributed by atoms with Crippen molar-refractivity contribution in [2.24, 2.45) is 0 Å². The van der Waals surface area contributed by atoms with E-state index in [9.17, 15) is 4.79 Å². The van der Waals surface area contributed by atoms with E-state index in [1.807, 2.05) is 6.92 Å². The first kappa shape index (κ1) is 14.2. The Hall–Kier alpha value is -0.753. The number of hydrogen-bond donors (Lipinski definition) is 0. The van der Waals surface area contributed by atoms with Crippen molar-refractivity contribution in [3.63, 3.8) is 0 Å². The van der Waals surface area contributed by atoms with Gasteiger partial charge in [0.05, 0.1) is 12.7 Å². The molecule has 0 aromatic heterocycles. The van der Waals surface area contributed by atoms with E-state index >= 15 is 0 Å². The second kappa shape index (κ2) is 7.53. The van der Waals surface area contributed by atoms with Gasteiger partial charge >= 0.3 is 5.97 Å². The highest BCUT2D eigenvalue weighted by molar-refractivity contribution is 6.87. The van der Waals surface area contributed by atoms with E-state index in [1.54, 1.807) is 0 Å². The SMILES string of the molecule is CCCCC#C[Si](C)(C)CC(=O)OCC. The normalized spacial score (nSPS) is 10.4. The highest BCUT2D eigenvalue weighted by Crippen LogP contribution is 2.09. The molecule has 0 aliphatic heterocycles. The fourth-order valence-electron chi connectivity index (χ4n) is 1.18. The van der Waals surface area contributed by atoms with E-state index in [-0.39, 0.29) is 5.97 Å². The van der Waals surface area contributed by atoms with Gasteiger partial charge in [-0.2, -0.15) is 0 Å². The number of esters is 1. The Morgan fingerprint density at radius 3 is 2.53 bits per heavy atom. The van der Waals surface area contributed by atoms with Crippen LogP contribution in [-0.4, -0.2) is 20.7 Å². The Labute approximate surface area is 94.4 Å². The second-order valence-electron chi connectivity index (χ2n) is 4.27. The lowest BCUT2D eigenvalue weighted by Gasteiger charge is -2.12. The van der Waals surface area contributed by atoms with Crippen molar-refractivity contribution in [1.82, 2.24) is 0 Å². The van der Waals surface area contributed by atoms with Crippen molar-refractivity contribution < 1.29 is 9.53 Å². The van der Waals surface area contributed by atoms with Crippen LogP contribution in [0.5, 0.6) is 0 Å².